The minimum atomic E-state index is -1.11. The van der Waals surface area contributed by atoms with E-state index in [1.165, 1.54) is 10.9 Å². The Bertz CT molecular complexity index is 1180. The molecule has 2 aliphatic heterocycles. The molecular formula is C23H23Cl2N3O5S. The van der Waals surface area contributed by atoms with E-state index in [4.69, 9.17) is 37.4 Å². The molecule has 11 heteroatoms. The van der Waals surface area contributed by atoms with Crippen LogP contribution in [0.1, 0.15) is 28.4 Å². The van der Waals surface area contributed by atoms with Crippen molar-refractivity contribution >= 4 is 40.1 Å². The Morgan fingerprint density at radius 3 is 2.71 bits per heavy atom. The highest BCUT2D eigenvalue weighted by Crippen LogP contribution is 2.54. The second-order valence-electron chi connectivity index (χ2n) is 8.13. The molecule has 5 rings (SSSR count). The molecule has 1 N–H and O–H groups in total. The van der Waals surface area contributed by atoms with E-state index in [1.54, 1.807) is 13.2 Å². The van der Waals surface area contributed by atoms with Crippen LogP contribution in [0, 0.1) is 0 Å². The number of ether oxygens (including phenoxy) is 3. The second-order valence-corrected chi connectivity index (χ2v) is 11.4. The molecule has 180 valence electrons. The van der Waals surface area contributed by atoms with E-state index in [2.05, 4.69) is 10.3 Å². The minimum Gasteiger partial charge on any atom is -0.476 e. The molecule has 6 atom stereocenters. The Hall–Kier alpha value is -2.14. The number of fused-ring (bicyclic) bond motifs is 1. The van der Waals surface area contributed by atoms with Crippen molar-refractivity contribution in [2.45, 2.75) is 34.7 Å². The van der Waals surface area contributed by atoms with Crippen molar-refractivity contribution in [3.63, 3.8) is 0 Å². The first-order chi connectivity index (χ1) is 16.5. The number of hydrogen-bond donors (Lipinski definition) is 2. The highest BCUT2D eigenvalue weighted by atomic mass is 35.5. The summed E-state index contributed by atoms with van der Waals surface area (Å²) in [4.78, 5) is 12.9. The molecule has 8 nitrogen and oxygen atoms in total. The fourth-order valence-electron chi connectivity index (χ4n) is 4.65. The third-order valence-corrected chi connectivity index (χ3v) is 9.94. The summed E-state index contributed by atoms with van der Waals surface area (Å²) in [6.45, 7) is 0.431. The molecule has 2 unspecified atom stereocenters. The first-order valence-corrected chi connectivity index (χ1v) is 13.0. The topological polar surface area (TPSA) is 95.7 Å². The van der Waals surface area contributed by atoms with Crippen LogP contribution in [0.4, 0.5) is 0 Å². The summed E-state index contributed by atoms with van der Waals surface area (Å²) < 4.78 is 20.1. The number of carboxylic acids is 1. The third-order valence-electron chi connectivity index (χ3n) is 6.26. The zero-order valence-electron chi connectivity index (χ0n) is 18.1. The average molecular weight is 524 g/mol. The molecule has 1 aromatic heterocycles. The van der Waals surface area contributed by atoms with Gasteiger partial charge in [-0.25, -0.2) is 20.4 Å². The van der Waals surface area contributed by atoms with Crippen molar-refractivity contribution in [2.75, 3.05) is 19.5 Å². The van der Waals surface area contributed by atoms with Gasteiger partial charge in [0.05, 0.1) is 35.1 Å². The van der Waals surface area contributed by atoms with Crippen LogP contribution >= 0.6 is 34.1 Å². The smallest absolute Gasteiger partial charge is 0.355 e. The normalized spacial score (nSPS) is 30.0. The molecule has 0 amide bonds. The molecule has 3 aromatic rings. The van der Waals surface area contributed by atoms with Crippen LogP contribution in [-0.2, 0) is 14.2 Å². The van der Waals surface area contributed by atoms with E-state index in [9.17, 15) is 9.90 Å². The molecule has 0 saturated carbocycles. The SMILES string of the molecule is CO[C@H]1C[SH](c2ccc(Cl)c(Cl)c2)[C@@H]2COC(c3ccccc3)O[C@@H]2[C@H]1n1nncc1C(=O)O. The lowest BCUT2D eigenvalue weighted by Gasteiger charge is -2.51. The predicted molar refractivity (Wildman–Crippen MR) is 129 cm³/mol. The summed E-state index contributed by atoms with van der Waals surface area (Å²) in [7, 11) is 0.776. The number of methoxy groups -OCH3 is 1. The van der Waals surface area contributed by atoms with Crippen molar-refractivity contribution < 1.29 is 24.1 Å². The number of carbonyl (C=O) groups is 1. The van der Waals surface area contributed by atoms with Gasteiger partial charge in [-0.05, 0) is 23.1 Å². The van der Waals surface area contributed by atoms with Crippen molar-refractivity contribution in [3.05, 3.63) is 76.0 Å². The van der Waals surface area contributed by atoms with Crippen molar-refractivity contribution in [1.29, 1.82) is 0 Å². The van der Waals surface area contributed by atoms with Gasteiger partial charge >= 0.3 is 5.97 Å². The third kappa shape index (κ3) is 4.32. The van der Waals surface area contributed by atoms with Gasteiger partial charge in [0, 0.05) is 23.7 Å². The summed E-state index contributed by atoms with van der Waals surface area (Å²) in [6, 6.07) is 14.8. The number of hydrogen-bond acceptors (Lipinski definition) is 6. The molecule has 2 saturated heterocycles. The molecule has 0 radical (unpaired) electrons. The number of benzene rings is 2. The minimum absolute atomic E-state index is 0.0158. The Kier molecular flexibility index (Phi) is 6.83. The van der Waals surface area contributed by atoms with Crippen molar-refractivity contribution in [1.82, 2.24) is 15.0 Å². The van der Waals surface area contributed by atoms with Crippen LogP contribution in [0.2, 0.25) is 10.0 Å². The van der Waals surface area contributed by atoms with Gasteiger partial charge in [-0.3, -0.25) is 0 Å². The summed E-state index contributed by atoms with van der Waals surface area (Å²) >= 11 is 12.5. The van der Waals surface area contributed by atoms with Crippen LogP contribution in [0.3, 0.4) is 0 Å². The van der Waals surface area contributed by atoms with Gasteiger partial charge in [0.15, 0.2) is 12.0 Å². The summed E-state index contributed by atoms with van der Waals surface area (Å²) in [6.07, 6.45) is -0.147. The van der Waals surface area contributed by atoms with Crippen LogP contribution in [-0.4, -0.2) is 63.0 Å². The van der Waals surface area contributed by atoms with Gasteiger partial charge in [-0.2, -0.15) is 0 Å². The average Bonchev–Trinajstić information content (AvgIpc) is 3.35. The maximum atomic E-state index is 11.9. The molecule has 0 bridgehead atoms. The van der Waals surface area contributed by atoms with E-state index in [0.29, 0.717) is 22.4 Å². The first-order valence-electron chi connectivity index (χ1n) is 10.7. The highest BCUT2D eigenvalue weighted by Gasteiger charge is 2.50. The lowest BCUT2D eigenvalue weighted by Crippen LogP contribution is -2.55. The maximum Gasteiger partial charge on any atom is 0.355 e. The van der Waals surface area contributed by atoms with Crippen LogP contribution < -0.4 is 0 Å². The molecular weight excluding hydrogens is 501 g/mol. The van der Waals surface area contributed by atoms with Crippen LogP contribution in [0.15, 0.2) is 59.6 Å². The Morgan fingerprint density at radius 1 is 1.21 bits per heavy atom. The fourth-order valence-corrected chi connectivity index (χ4v) is 8.07. The van der Waals surface area contributed by atoms with Gasteiger partial charge in [-0.15, -0.1) is 5.10 Å². The number of nitrogens with zero attached hydrogens (tertiary/aromatic N) is 3. The first kappa shape index (κ1) is 23.6. The van der Waals surface area contributed by atoms with E-state index in [0.717, 1.165) is 10.5 Å². The quantitative estimate of drug-likeness (QED) is 0.478. The lowest BCUT2D eigenvalue weighted by molar-refractivity contribution is -0.233. The largest absolute Gasteiger partial charge is 0.476 e. The van der Waals surface area contributed by atoms with Gasteiger partial charge in [0.1, 0.15) is 6.04 Å². The lowest BCUT2D eigenvalue weighted by atomic mass is 10.00. The second kappa shape index (κ2) is 9.85. The van der Waals surface area contributed by atoms with Gasteiger partial charge in [-0.1, -0.05) is 58.7 Å². The van der Waals surface area contributed by atoms with Gasteiger partial charge in [0.2, 0.25) is 0 Å². The molecule has 0 aliphatic carbocycles. The molecule has 2 aromatic carbocycles. The van der Waals surface area contributed by atoms with Gasteiger partial charge < -0.3 is 19.3 Å². The predicted octanol–water partition coefficient (Wildman–Crippen LogP) is 4.40. The fraction of sp³-hybridized carbons (Fsp3) is 0.348. The van der Waals surface area contributed by atoms with Crippen LogP contribution in [0.5, 0.6) is 0 Å². The maximum absolute atomic E-state index is 11.9. The highest BCUT2D eigenvalue weighted by molar-refractivity contribution is 8.17. The summed E-state index contributed by atoms with van der Waals surface area (Å²) in [5, 5.41) is 18.6. The zero-order valence-corrected chi connectivity index (χ0v) is 20.5. The Labute approximate surface area is 209 Å². The van der Waals surface area contributed by atoms with E-state index in [-0.39, 0.29) is 17.0 Å². The van der Waals surface area contributed by atoms with Crippen molar-refractivity contribution in [3.8, 4) is 0 Å². The number of rotatable bonds is 5. The van der Waals surface area contributed by atoms with E-state index >= 15 is 0 Å². The summed E-state index contributed by atoms with van der Waals surface area (Å²) in [5.74, 6) is -0.461. The summed E-state index contributed by atoms with van der Waals surface area (Å²) in [5.41, 5.74) is 0.869. The van der Waals surface area contributed by atoms with Crippen LogP contribution in [0.25, 0.3) is 0 Å². The molecule has 2 fully saturated rings. The number of aromatic carboxylic acids is 1. The number of carboxylic acid groups (broad SMARTS) is 1. The van der Waals surface area contributed by atoms with Gasteiger partial charge in [0.25, 0.3) is 0 Å². The molecule has 0 spiro atoms. The Morgan fingerprint density at radius 2 is 2.00 bits per heavy atom. The standard InChI is InChI=1S/C23H23Cl2N3O5S/c1-31-18-12-34(14-7-8-15(24)16(25)9-14)19-11-32-23(13-5-3-2-4-6-13)33-21(19)20(18)28-17(22(29)30)10-26-27-28/h2-10,18-21,23,34H,11-12H2,1H3,(H,29,30)/t18-,19+,20-,21-,23?/m0/s1. The molecule has 3 heterocycles. The van der Waals surface area contributed by atoms with Crippen molar-refractivity contribution in [2.24, 2.45) is 0 Å². The zero-order chi connectivity index (χ0) is 23.8. The number of thiol groups is 1. The number of aromatic nitrogens is 3. The van der Waals surface area contributed by atoms with E-state index < -0.39 is 35.3 Å². The monoisotopic (exact) mass is 523 g/mol. The molecule has 2 aliphatic rings. The van der Waals surface area contributed by atoms with E-state index in [1.807, 2.05) is 42.5 Å². The molecule has 34 heavy (non-hydrogen) atoms. The number of halogens is 2. The Balaban J connectivity index is 1.57.